The van der Waals surface area contributed by atoms with Gasteiger partial charge >= 0.3 is 10.3 Å². The van der Waals surface area contributed by atoms with Gasteiger partial charge in [0.1, 0.15) is 24.9 Å². The molecule has 3 aliphatic heterocycles. The van der Waals surface area contributed by atoms with Crippen LogP contribution in [-0.2, 0) is 38.2 Å². The molecular formula is C12H21NO8S. The molecule has 0 aromatic rings. The van der Waals surface area contributed by atoms with Crippen molar-refractivity contribution in [2.45, 2.75) is 63.4 Å². The topological polar surface area (TPSA) is 116 Å². The molecular weight excluding hydrogens is 318 g/mol. The van der Waals surface area contributed by atoms with Crippen LogP contribution in [0.25, 0.3) is 0 Å². The number of rotatable bonds is 3. The second-order valence-electron chi connectivity index (χ2n) is 6.56. The van der Waals surface area contributed by atoms with Gasteiger partial charge in [-0.3, -0.25) is 4.18 Å². The molecule has 3 fully saturated rings. The Bertz CT molecular complexity index is 561. The van der Waals surface area contributed by atoms with Gasteiger partial charge in [-0.25, -0.2) is 5.14 Å². The van der Waals surface area contributed by atoms with E-state index in [0.717, 1.165) is 0 Å². The summed E-state index contributed by atoms with van der Waals surface area (Å²) in [6, 6.07) is 0. The monoisotopic (exact) mass is 339 g/mol. The highest BCUT2D eigenvalue weighted by Crippen LogP contribution is 2.47. The van der Waals surface area contributed by atoms with E-state index in [1.54, 1.807) is 27.7 Å². The summed E-state index contributed by atoms with van der Waals surface area (Å²) < 4.78 is 55.9. The predicted molar refractivity (Wildman–Crippen MR) is 71.6 cm³/mol. The van der Waals surface area contributed by atoms with Crippen molar-refractivity contribution in [2.75, 3.05) is 13.2 Å². The highest BCUT2D eigenvalue weighted by Gasteiger charge is 2.65. The molecule has 9 nitrogen and oxygen atoms in total. The van der Waals surface area contributed by atoms with Crippen LogP contribution in [0.3, 0.4) is 0 Å². The van der Waals surface area contributed by atoms with E-state index in [4.69, 9.17) is 33.0 Å². The molecule has 0 aliphatic carbocycles. The van der Waals surface area contributed by atoms with E-state index in [2.05, 4.69) is 0 Å². The molecule has 0 unspecified atom stereocenters. The summed E-state index contributed by atoms with van der Waals surface area (Å²) in [6.45, 7) is 6.71. The third-order valence-electron chi connectivity index (χ3n) is 3.70. The quantitative estimate of drug-likeness (QED) is 0.739. The van der Waals surface area contributed by atoms with E-state index < -0.39 is 46.5 Å². The first-order chi connectivity index (χ1) is 9.92. The SMILES string of the molecule is CC1(C)O[C@@H]2[C@H]3OC(C)(C)O[C@]3(COS(N)(=O)=O)OC[C@H]2O1. The lowest BCUT2D eigenvalue weighted by molar-refractivity contribution is -0.290. The number of hydrogen-bond donors (Lipinski definition) is 1. The highest BCUT2D eigenvalue weighted by molar-refractivity contribution is 7.84. The van der Waals surface area contributed by atoms with E-state index in [1.165, 1.54) is 0 Å². The van der Waals surface area contributed by atoms with Gasteiger partial charge in [-0.2, -0.15) is 8.42 Å². The van der Waals surface area contributed by atoms with Crippen molar-refractivity contribution in [1.82, 2.24) is 0 Å². The van der Waals surface area contributed by atoms with Gasteiger partial charge in [0.15, 0.2) is 11.6 Å². The summed E-state index contributed by atoms with van der Waals surface area (Å²) in [5.74, 6) is -3.19. The van der Waals surface area contributed by atoms with Crippen LogP contribution in [0.15, 0.2) is 0 Å². The molecule has 0 amide bonds. The maximum absolute atomic E-state index is 11.1. The molecule has 0 saturated carbocycles. The summed E-state index contributed by atoms with van der Waals surface area (Å²) in [4.78, 5) is 0. The van der Waals surface area contributed by atoms with Gasteiger partial charge in [0.05, 0.1) is 6.61 Å². The van der Waals surface area contributed by atoms with Crippen molar-refractivity contribution in [3.63, 3.8) is 0 Å². The van der Waals surface area contributed by atoms with Crippen molar-refractivity contribution in [3.8, 4) is 0 Å². The third-order valence-corrected chi connectivity index (χ3v) is 4.15. The molecule has 0 radical (unpaired) electrons. The fourth-order valence-corrected chi connectivity index (χ4v) is 3.44. The molecule has 10 heteroatoms. The Balaban J connectivity index is 1.87. The van der Waals surface area contributed by atoms with Crippen molar-refractivity contribution in [3.05, 3.63) is 0 Å². The average molecular weight is 339 g/mol. The first-order valence-corrected chi connectivity index (χ1v) is 8.43. The van der Waals surface area contributed by atoms with E-state index in [9.17, 15) is 8.42 Å². The maximum atomic E-state index is 11.1. The van der Waals surface area contributed by atoms with E-state index in [0.29, 0.717) is 0 Å². The number of fused-ring (bicyclic) bond motifs is 3. The van der Waals surface area contributed by atoms with Crippen LogP contribution in [-0.4, -0.2) is 57.3 Å². The lowest BCUT2D eigenvalue weighted by Gasteiger charge is -2.40. The fourth-order valence-electron chi connectivity index (χ4n) is 3.11. The Kier molecular flexibility index (Phi) is 3.63. The first kappa shape index (κ1) is 16.5. The Morgan fingerprint density at radius 2 is 1.82 bits per heavy atom. The molecule has 0 bridgehead atoms. The number of ether oxygens (including phenoxy) is 5. The standard InChI is InChI=1S/C12H21NO8S/c1-10(2)18-7-5-16-12(6-17-22(13,14)15)9(8(7)19-10)20-11(3,4)21-12/h7-9H,5-6H2,1-4H3,(H2,13,14,15)/t7-,8+,9-,12+/m1/s1. The molecule has 22 heavy (non-hydrogen) atoms. The first-order valence-electron chi connectivity index (χ1n) is 6.96. The Morgan fingerprint density at radius 1 is 1.14 bits per heavy atom. The molecule has 3 heterocycles. The largest absolute Gasteiger partial charge is 0.343 e. The minimum Gasteiger partial charge on any atom is -0.343 e. The maximum Gasteiger partial charge on any atom is 0.333 e. The van der Waals surface area contributed by atoms with Crippen LogP contribution < -0.4 is 5.14 Å². The zero-order valence-electron chi connectivity index (χ0n) is 12.9. The van der Waals surface area contributed by atoms with Crippen LogP contribution in [0.4, 0.5) is 0 Å². The van der Waals surface area contributed by atoms with E-state index in [-0.39, 0.29) is 12.7 Å². The molecule has 128 valence electrons. The Morgan fingerprint density at radius 3 is 2.45 bits per heavy atom. The van der Waals surface area contributed by atoms with Crippen LogP contribution in [0, 0.1) is 0 Å². The molecule has 3 rings (SSSR count). The van der Waals surface area contributed by atoms with Gasteiger partial charge in [-0.1, -0.05) is 0 Å². The van der Waals surface area contributed by atoms with Crippen molar-refractivity contribution in [1.29, 1.82) is 0 Å². The van der Waals surface area contributed by atoms with Crippen LogP contribution in [0.1, 0.15) is 27.7 Å². The van der Waals surface area contributed by atoms with Gasteiger partial charge in [-0.15, -0.1) is 0 Å². The molecule has 0 aromatic heterocycles. The lowest BCUT2D eigenvalue weighted by Crippen LogP contribution is -2.60. The van der Waals surface area contributed by atoms with E-state index >= 15 is 0 Å². The molecule has 0 aromatic carbocycles. The third kappa shape index (κ3) is 3.02. The molecule has 2 N–H and O–H groups in total. The summed E-state index contributed by atoms with van der Waals surface area (Å²) in [5, 5.41) is 4.89. The summed E-state index contributed by atoms with van der Waals surface area (Å²) in [7, 11) is -4.14. The fraction of sp³-hybridized carbons (Fsp3) is 1.00. The van der Waals surface area contributed by atoms with Crippen molar-refractivity contribution < 1.29 is 36.3 Å². The van der Waals surface area contributed by atoms with E-state index in [1.807, 2.05) is 0 Å². The highest BCUT2D eigenvalue weighted by atomic mass is 32.2. The smallest absolute Gasteiger partial charge is 0.333 e. The summed E-state index contributed by atoms with van der Waals surface area (Å²) in [5.41, 5.74) is 0. The number of hydrogen-bond acceptors (Lipinski definition) is 8. The minimum absolute atomic E-state index is 0.165. The minimum atomic E-state index is -4.14. The van der Waals surface area contributed by atoms with Crippen LogP contribution in [0.5, 0.6) is 0 Å². The average Bonchev–Trinajstić information content (AvgIpc) is 2.78. The molecule has 0 spiro atoms. The molecule has 3 saturated heterocycles. The van der Waals surface area contributed by atoms with Gasteiger partial charge in [0.25, 0.3) is 0 Å². The van der Waals surface area contributed by atoms with Gasteiger partial charge in [0.2, 0.25) is 5.79 Å². The second-order valence-corrected chi connectivity index (χ2v) is 7.78. The Hall–Kier alpha value is -0.330. The van der Waals surface area contributed by atoms with Crippen molar-refractivity contribution >= 4 is 10.3 Å². The summed E-state index contributed by atoms with van der Waals surface area (Å²) >= 11 is 0. The normalized spacial score (nSPS) is 42.9. The van der Waals surface area contributed by atoms with Gasteiger partial charge in [-0.05, 0) is 27.7 Å². The predicted octanol–water partition coefficient (Wildman–Crippen LogP) is -0.395. The number of nitrogens with two attached hydrogens (primary N) is 1. The van der Waals surface area contributed by atoms with Crippen molar-refractivity contribution in [2.24, 2.45) is 5.14 Å². The van der Waals surface area contributed by atoms with Gasteiger partial charge in [0, 0.05) is 0 Å². The Labute approximate surface area is 129 Å². The lowest BCUT2D eigenvalue weighted by atomic mass is 9.98. The van der Waals surface area contributed by atoms with Crippen LogP contribution >= 0.6 is 0 Å². The zero-order valence-corrected chi connectivity index (χ0v) is 13.7. The van der Waals surface area contributed by atoms with Gasteiger partial charge < -0.3 is 23.7 Å². The molecule has 4 atom stereocenters. The van der Waals surface area contributed by atoms with Crippen LogP contribution in [0.2, 0.25) is 0 Å². The summed E-state index contributed by atoms with van der Waals surface area (Å²) in [6.07, 6.45) is -1.50. The second kappa shape index (κ2) is 4.84. The molecule has 3 aliphatic rings. The zero-order chi connectivity index (χ0) is 16.4.